The van der Waals surface area contributed by atoms with E-state index in [1.165, 1.54) is 34.7 Å². The van der Waals surface area contributed by atoms with Crippen molar-refractivity contribution in [2.45, 2.75) is 39.0 Å². The number of fused-ring (bicyclic) bond motifs is 2. The van der Waals surface area contributed by atoms with E-state index in [1.807, 2.05) is 29.6 Å². The Morgan fingerprint density at radius 1 is 1.17 bits per heavy atom. The molecule has 1 amide bonds. The Morgan fingerprint density at radius 2 is 1.94 bits per heavy atom. The summed E-state index contributed by atoms with van der Waals surface area (Å²) in [6.07, 6.45) is 5.44. The summed E-state index contributed by atoms with van der Waals surface area (Å²) in [6, 6.07) is 9.76. The molecule has 3 heterocycles. The second-order valence-corrected chi connectivity index (χ2v) is 11.2. The standard InChI is InChI=1S/C26H24BrN3O3S2/c1-2-33-26(32)20-18(14-8-10-16(27)11-9-14)13-34-25(20)30-23(31)22-21(28)17-12-15-6-4-3-5-7-19(15)29-24(17)35-22/h8-13H,2-7,28H2,1H3,(H,30,31). The van der Waals surface area contributed by atoms with Gasteiger partial charge in [0.2, 0.25) is 0 Å². The van der Waals surface area contributed by atoms with Crippen LogP contribution in [-0.2, 0) is 17.6 Å². The number of pyridine rings is 1. The van der Waals surface area contributed by atoms with Gasteiger partial charge in [0.05, 0.1) is 12.3 Å². The summed E-state index contributed by atoms with van der Waals surface area (Å²) < 4.78 is 6.25. The number of amides is 1. The largest absolute Gasteiger partial charge is 0.462 e. The molecular formula is C26H24BrN3O3S2. The summed E-state index contributed by atoms with van der Waals surface area (Å²) in [4.78, 5) is 32.3. The van der Waals surface area contributed by atoms with Crippen molar-refractivity contribution >= 4 is 71.4 Å². The normalized spacial score (nSPS) is 13.3. The first-order chi connectivity index (χ1) is 17.0. The fraction of sp³-hybridized carbons (Fsp3) is 0.269. The lowest BCUT2D eigenvalue weighted by atomic mass is 10.0. The topological polar surface area (TPSA) is 94.3 Å². The van der Waals surface area contributed by atoms with Crippen LogP contribution < -0.4 is 11.1 Å². The Kier molecular flexibility index (Phi) is 6.91. The van der Waals surface area contributed by atoms with Gasteiger partial charge in [0.1, 0.15) is 20.3 Å². The molecule has 0 saturated carbocycles. The summed E-state index contributed by atoms with van der Waals surface area (Å²) in [6.45, 7) is 2.00. The second-order valence-electron chi connectivity index (χ2n) is 8.39. The Labute approximate surface area is 219 Å². The van der Waals surface area contributed by atoms with Gasteiger partial charge in [-0.1, -0.05) is 34.5 Å². The molecule has 0 radical (unpaired) electrons. The molecule has 4 aromatic rings. The van der Waals surface area contributed by atoms with Crippen molar-refractivity contribution in [3.8, 4) is 11.1 Å². The number of nitrogens with zero attached hydrogens (tertiary/aromatic N) is 1. The molecule has 1 aliphatic rings. The van der Waals surface area contributed by atoms with Gasteiger partial charge in [-0.25, -0.2) is 9.78 Å². The van der Waals surface area contributed by atoms with Gasteiger partial charge >= 0.3 is 5.97 Å². The summed E-state index contributed by atoms with van der Waals surface area (Å²) in [7, 11) is 0. The van der Waals surface area contributed by atoms with Gasteiger partial charge in [0, 0.05) is 26.5 Å². The third-order valence-corrected chi connectivity index (χ3v) is 8.65. The Bertz CT molecular complexity index is 1430. The van der Waals surface area contributed by atoms with Gasteiger partial charge in [-0.2, -0.15) is 0 Å². The maximum Gasteiger partial charge on any atom is 0.341 e. The highest BCUT2D eigenvalue weighted by molar-refractivity contribution is 9.10. The molecule has 0 aliphatic heterocycles. The van der Waals surface area contributed by atoms with Crippen molar-refractivity contribution in [2.75, 3.05) is 17.7 Å². The maximum absolute atomic E-state index is 13.3. The van der Waals surface area contributed by atoms with E-state index in [4.69, 9.17) is 15.5 Å². The van der Waals surface area contributed by atoms with Gasteiger partial charge in [0.15, 0.2) is 0 Å². The van der Waals surface area contributed by atoms with E-state index in [9.17, 15) is 9.59 Å². The number of ether oxygens (including phenoxy) is 1. The molecule has 35 heavy (non-hydrogen) atoms. The van der Waals surface area contributed by atoms with Crippen molar-refractivity contribution in [3.05, 3.63) is 61.9 Å². The molecule has 1 aromatic carbocycles. The van der Waals surface area contributed by atoms with E-state index < -0.39 is 5.97 Å². The number of carbonyl (C=O) groups excluding carboxylic acids is 2. The number of esters is 1. The minimum absolute atomic E-state index is 0.238. The van der Waals surface area contributed by atoms with Crippen LogP contribution in [0.25, 0.3) is 21.3 Å². The van der Waals surface area contributed by atoms with Crippen molar-refractivity contribution in [1.29, 1.82) is 0 Å². The lowest BCUT2D eigenvalue weighted by Crippen LogP contribution is -2.14. The fourth-order valence-electron chi connectivity index (χ4n) is 4.36. The minimum Gasteiger partial charge on any atom is -0.462 e. The Morgan fingerprint density at radius 3 is 2.71 bits per heavy atom. The molecule has 0 spiro atoms. The Balaban J connectivity index is 1.50. The van der Waals surface area contributed by atoms with Crippen molar-refractivity contribution in [3.63, 3.8) is 0 Å². The second kappa shape index (κ2) is 10.1. The zero-order chi connectivity index (χ0) is 24.5. The van der Waals surface area contributed by atoms with Gasteiger partial charge < -0.3 is 15.8 Å². The number of halogens is 1. The van der Waals surface area contributed by atoms with E-state index >= 15 is 0 Å². The summed E-state index contributed by atoms with van der Waals surface area (Å²) in [5.41, 5.74) is 11.1. The van der Waals surface area contributed by atoms with E-state index in [1.54, 1.807) is 6.92 Å². The van der Waals surface area contributed by atoms with Crippen LogP contribution in [0.2, 0.25) is 0 Å². The molecule has 6 nitrogen and oxygen atoms in total. The van der Waals surface area contributed by atoms with Crippen LogP contribution in [0.4, 0.5) is 10.7 Å². The molecule has 5 rings (SSSR count). The molecule has 3 aromatic heterocycles. The van der Waals surface area contributed by atoms with Crippen LogP contribution in [0.15, 0.2) is 40.2 Å². The first kappa shape index (κ1) is 24.0. The van der Waals surface area contributed by atoms with Crippen LogP contribution in [0.1, 0.15) is 57.5 Å². The number of hydrogen-bond acceptors (Lipinski definition) is 7. The summed E-state index contributed by atoms with van der Waals surface area (Å²) in [5, 5.41) is 6.04. The van der Waals surface area contributed by atoms with Crippen LogP contribution >= 0.6 is 38.6 Å². The number of aryl methyl sites for hydroxylation is 2. The highest BCUT2D eigenvalue weighted by Crippen LogP contribution is 2.39. The number of anilines is 2. The molecule has 9 heteroatoms. The molecule has 0 fully saturated rings. The molecule has 0 saturated heterocycles. The zero-order valence-corrected chi connectivity index (χ0v) is 22.4. The molecule has 0 unspecified atom stereocenters. The smallest absolute Gasteiger partial charge is 0.341 e. The first-order valence-electron chi connectivity index (χ1n) is 11.5. The van der Waals surface area contributed by atoms with E-state index in [0.717, 1.165) is 51.6 Å². The monoisotopic (exact) mass is 569 g/mol. The van der Waals surface area contributed by atoms with Crippen molar-refractivity contribution < 1.29 is 14.3 Å². The van der Waals surface area contributed by atoms with Gasteiger partial charge in [-0.3, -0.25) is 4.79 Å². The third-order valence-electron chi connectivity index (χ3n) is 6.11. The van der Waals surface area contributed by atoms with Crippen molar-refractivity contribution in [2.24, 2.45) is 0 Å². The van der Waals surface area contributed by atoms with Crippen molar-refractivity contribution in [1.82, 2.24) is 4.98 Å². The number of aromatic nitrogens is 1. The van der Waals surface area contributed by atoms with Gasteiger partial charge in [0.25, 0.3) is 5.91 Å². The lowest BCUT2D eigenvalue weighted by Gasteiger charge is -2.09. The fourth-order valence-corrected chi connectivity index (χ4v) is 6.57. The van der Waals surface area contributed by atoms with Crippen LogP contribution in [0.3, 0.4) is 0 Å². The maximum atomic E-state index is 13.3. The minimum atomic E-state index is -0.475. The van der Waals surface area contributed by atoms with Gasteiger partial charge in [-0.15, -0.1) is 22.7 Å². The van der Waals surface area contributed by atoms with E-state index in [-0.39, 0.29) is 12.5 Å². The number of rotatable bonds is 5. The summed E-state index contributed by atoms with van der Waals surface area (Å²) in [5.74, 6) is -0.827. The molecule has 0 atom stereocenters. The van der Waals surface area contributed by atoms with Crippen LogP contribution in [-0.4, -0.2) is 23.5 Å². The highest BCUT2D eigenvalue weighted by Gasteiger charge is 2.25. The Hall–Kier alpha value is -2.75. The quantitative estimate of drug-likeness (QED) is 0.198. The number of benzene rings is 1. The highest BCUT2D eigenvalue weighted by atomic mass is 79.9. The zero-order valence-electron chi connectivity index (χ0n) is 19.2. The third kappa shape index (κ3) is 4.72. The number of nitrogens with one attached hydrogen (secondary N) is 1. The number of carbonyl (C=O) groups is 2. The number of nitrogens with two attached hydrogens (primary N) is 1. The SMILES string of the molecule is CCOC(=O)c1c(-c2ccc(Br)cc2)csc1NC(=O)c1sc2nc3c(cc2c1N)CCCCC3. The predicted octanol–water partition coefficient (Wildman–Crippen LogP) is 7.07. The molecule has 180 valence electrons. The molecule has 1 aliphatic carbocycles. The van der Waals surface area contributed by atoms with E-state index in [2.05, 4.69) is 27.3 Å². The number of thiophene rings is 2. The lowest BCUT2D eigenvalue weighted by molar-refractivity contribution is 0.0529. The van der Waals surface area contributed by atoms with Crippen LogP contribution in [0, 0.1) is 0 Å². The first-order valence-corrected chi connectivity index (χ1v) is 14.0. The average molecular weight is 571 g/mol. The molecule has 0 bridgehead atoms. The average Bonchev–Trinajstić information content (AvgIpc) is 3.30. The summed E-state index contributed by atoms with van der Waals surface area (Å²) >= 11 is 6.03. The van der Waals surface area contributed by atoms with E-state index in [0.29, 0.717) is 26.7 Å². The molecule has 3 N–H and O–H groups in total. The number of nitrogen functional groups attached to an aromatic ring is 1. The molecular weight excluding hydrogens is 546 g/mol. The number of hydrogen-bond donors (Lipinski definition) is 2. The van der Waals surface area contributed by atoms with Crippen LogP contribution in [0.5, 0.6) is 0 Å². The predicted molar refractivity (Wildman–Crippen MR) is 147 cm³/mol. The van der Waals surface area contributed by atoms with Gasteiger partial charge in [-0.05, 0) is 61.9 Å².